The Labute approximate surface area is 133 Å². The second-order valence-electron chi connectivity index (χ2n) is 6.41. The number of aryl methyl sites for hydroxylation is 1. The van der Waals surface area contributed by atoms with Crippen LogP contribution in [0.5, 0.6) is 0 Å². The average Bonchev–Trinajstić information content (AvgIpc) is 2.58. The topological polar surface area (TPSA) is 32.8 Å². The normalized spacial score (nSPS) is 21.0. The highest BCUT2D eigenvalue weighted by molar-refractivity contribution is 5.79. The van der Waals surface area contributed by atoms with Gasteiger partial charge in [0.1, 0.15) is 0 Å². The van der Waals surface area contributed by atoms with Crippen molar-refractivity contribution in [1.29, 1.82) is 0 Å². The SMILES string of the molecule is Cc1ccccc1CN1CCN(C(=O)C2CCOCC2)CC1. The summed E-state index contributed by atoms with van der Waals surface area (Å²) in [7, 11) is 0. The molecule has 0 saturated carbocycles. The van der Waals surface area contributed by atoms with E-state index in [1.165, 1.54) is 11.1 Å². The maximum Gasteiger partial charge on any atom is 0.225 e. The number of amides is 1. The third-order valence-corrected chi connectivity index (χ3v) is 4.91. The van der Waals surface area contributed by atoms with Gasteiger partial charge >= 0.3 is 0 Å². The van der Waals surface area contributed by atoms with Crippen LogP contribution in [0, 0.1) is 12.8 Å². The zero-order chi connectivity index (χ0) is 15.4. The van der Waals surface area contributed by atoms with Gasteiger partial charge in [-0.25, -0.2) is 0 Å². The highest BCUT2D eigenvalue weighted by Gasteiger charge is 2.28. The van der Waals surface area contributed by atoms with Gasteiger partial charge in [0.25, 0.3) is 0 Å². The Morgan fingerprint density at radius 3 is 2.50 bits per heavy atom. The van der Waals surface area contributed by atoms with Crippen molar-refractivity contribution in [3.63, 3.8) is 0 Å². The number of hydrogen-bond donors (Lipinski definition) is 0. The van der Waals surface area contributed by atoms with Gasteiger partial charge in [-0.2, -0.15) is 0 Å². The van der Waals surface area contributed by atoms with E-state index in [1.54, 1.807) is 0 Å². The summed E-state index contributed by atoms with van der Waals surface area (Å²) in [5.74, 6) is 0.538. The first-order chi connectivity index (χ1) is 10.7. The fourth-order valence-corrected chi connectivity index (χ4v) is 3.36. The second kappa shape index (κ2) is 7.25. The van der Waals surface area contributed by atoms with Crippen molar-refractivity contribution in [3.8, 4) is 0 Å². The van der Waals surface area contributed by atoms with Gasteiger partial charge in [0, 0.05) is 51.9 Å². The Balaban J connectivity index is 1.50. The Bertz CT molecular complexity index is 504. The molecule has 1 aromatic rings. The van der Waals surface area contributed by atoms with Crippen molar-refractivity contribution < 1.29 is 9.53 Å². The van der Waals surface area contributed by atoms with Crippen LogP contribution in [-0.4, -0.2) is 55.1 Å². The zero-order valence-electron chi connectivity index (χ0n) is 13.5. The van der Waals surface area contributed by atoms with E-state index in [0.29, 0.717) is 5.91 Å². The van der Waals surface area contributed by atoms with Crippen LogP contribution in [0.4, 0.5) is 0 Å². The van der Waals surface area contributed by atoms with Crippen molar-refractivity contribution >= 4 is 5.91 Å². The molecule has 120 valence electrons. The molecule has 4 nitrogen and oxygen atoms in total. The van der Waals surface area contributed by atoms with Crippen LogP contribution in [-0.2, 0) is 16.1 Å². The maximum absolute atomic E-state index is 12.5. The van der Waals surface area contributed by atoms with E-state index in [2.05, 4.69) is 41.0 Å². The van der Waals surface area contributed by atoms with Crippen LogP contribution in [0.1, 0.15) is 24.0 Å². The van der Waals surface area contributed by atoms with Gasteiger partial charge in [0.15, 0.2) is 0 Å². The van der Waals surface area contributed by atoms with E-state index in [4.69, 9.17) is 4.74 Å². The number of piperazine rings is 1. The predicted molar refractivity (Wildman–Crippen MR) is 86.6 cm³/mol. The van der Waals surface area contributed by atoms with Crippen LogP contribution < -0.4 is 0 Å². The van der Waals surface area contributed by atoms with E-state index in [1.807, 2.05) is 0 Å². The molecule has 2 fully saturated rings. The quantitative estimate of drug-likeness (QED) is 0.857. The van der Waals surface area contributed by atoms with Gasteiger partial charge in [0.05, 0.1) is 0 Å². The van der Waals surface area contributed by atoms with E-state index >= 15 is 0 Å². The first-order valence-corrected chi connectivity index (χ1v) is 8.37. The van der Waals surface area contributed by atoms with E-state index < -0.39 is 0 Å². The molecule has 2 aliphatic heterocycles. The molecule has 22 heavy (non-hydrogen) atoms. The van der Waals surface area contributed by atoms with E-state index in [-0.39, 0.29) is 5.92 Å². The Morgan fingerprint density at radius 1 is 1.14 bits per heavy atom. The summed E-state index contributed by atoms with van der Waals surface area (Å²) in [6.45, 7) is 8.32. The number of hydrogen-bond acceptors (Lipinski definition) is 3. The predicted octanol–water partition coefficient (Wildman–Crippen LogP) is 2.07. The van der Waals surface area contributed by atoms with Crippen molar-refractivity contribution in [2.24, 2.45) is 5.92 Å². The third-order valence-electron chi connectivity index (χ3n) is 4.91. The van der Waals surface area contributed by atoms with Crippen molar-refractivity contribution in [1.82, 2.24) is 9.80 Å². The number of rotatable bonds is 3. The van der Waals surface area contributed by atoms with Crippen molar-refractivity contribution in [2.75, 3.05) is 39.4 Å². The van der Waals surface area contributed by atoms with Crippen LogP contribution in [0.3, 0.4) is 0 Å². The van der Waals surface area contributed by atoms with Crippen LogP contribution >= 0.6 is 0 Å². The molecule has 3 rings (SSSR count). The zero-order valence-corrected chi connectivity index (χ0v) is 13.5. The lowest BCUT2D eigenvalue weighted by Gasteiger charge is -2.37. The Kier molecular flexibility index (Phi) is 5.11. The molecular weight excluding hydrogens is 276 g/mol. The monoisotopic (exact) mass is 302 g/mol. The number of carbonyl (C=O) groups excluding carboxylic acids is 1. The number of ether oxygens (including phenoxy) is 1. The minimum atomic E-state index is 0.191. The molecule has 0 unspecified atom stereocenters. The molecule has 2 aliphatic rings. The molecular formula is C18H26N2O2. The highest BCUT2D eigenvalue weighted by Crippen LogP contribution is 2.19. The van der Waals surface area contributed by atoms with Gasteiger partial charge in [0.2, 0.25) is 5.91 Å². The fourth-order valence-electron chi connectivity index (χ4n) is 3.36. The summed E-state index contributed by atoms with van der Waals surface area (Å²) in [6.07, 6.45) is 1.78. The smallest absolute Gasteiger partial charge is 0.225 e. The van der Waals surface area contributed by atoms with E-state index in [0.717, 1.165) is 58.8 Å². The Morgan fingerprint density at radius 2 is 1.82 bits per heavy atom. The summed E-state index contributed by atoms with van der Waals surface area (Å²) >= 11 is 0. The largest absolute Gasteiger partial charge is 0.381 e. The number of carbonyl (C=O) groups is 1. The number of benzene rings is 1. The fraction of sp³-hybridized carbons (Fsp3) is 0.611. The molecule has 1 aromatic carbocycles. The third kappa shape index (κ3) is 3.68. The van der Waals surface area contributed by atoms with Crippen molar-refractivity contribution in [2.45, 2.75) is 26.3 Å². The molecule has 0 aromatic heterocycles. The minimum Gasteiger partial charge on any atom is -0.381 e. The lowest BCUT2D eigenvalue weighted by molar-refractivity contribution is -0.140. The molecule has 1 amide bonds. The first-order valence-electron chi connectivity index (χ1n) is 8.37. The standard InChI is InChI=1S/C18H26N2O2/c1-15-4-2-3-5-17(15)14-19-8-10-20(11-9-19)18(21)16-6-12-22-13-7-16/h2-5,16H,6-14H2,1H3. The van der Waals surface area contributed by atoms with Gasteiger partial charge in [-0.05, 0) is 30.9 Å². The molecule has 0 spiro atoms. The summed E-state index contributed by atoms with van der Waals surface area (Å²) in [4.78, 5) is 17.0. The molecule has 0 bridgehead atoms. The molecule has 4 heteroatoms. The van der Waals surface area contributed by atoms with E-state index in [9.17, 15) is 4.79 Å². The summed E-state index contributed by atoms with van der Waals surface area (Å²) < 4.78 is 5.35. The molecule has 0 atom stereocenters. The average molecular weight is 302 g/mol. The van der Waals surface area contributed by atoms with Gasteiger partial charge in [-0.15, -0.1) is 0 Å². The van der Waals surface area contributed by atoms with Gasteiger partial charge in [-0.3, -0.25) is 9.69 Å². The summed E-state index contributed by atoms with van der Waals surface area (Å²) in [5.41, 5.74) is 2.75. The highest BCUT2D eigenvalue weighted by atomic mass is 16.5. The maximum atomic E-state index is 12.5. The lowest BCUT2D eigenvalue weighted by Crippen LogP contribution is -2.50. The molecule has 2 heterocycles. The minimum absolute atomic E-state index is 0.191. The number of nitrogens with zero attached hydrogens (tertiary/aromatic N) is 2. The summed E-state index contributed by atoms with van der Waals surface area (Å²) in [6, 6.07) is 8.56. The first kappa shape index (κ1) is 15.5. The molecule has 0 N–H and O–H groups in total. The molecule has 0 aliphatic carbocycles. The van der Waals surface area contributed by atoms with Crippen molar-refractivity contribution in [3.05, 3.63) is 35.4 Å². The van der Waals surface area contributed by atoms with Crippen LogP contribution in [0.25, 0.3) is 0 Å². The van der Waals surface area contributed by atoms with Crippen LogP contribution in [0.2, 0.25) is 0 Å². The molecule has 2 saturated heterocycles. The lowest BCUT2D eigenvalue weighted by atomic mass is 9.98. The van der Waals surface area contributed by atoms with Gasteiger partial charge < -0.3 is 9.64 Å². The van der Waals surface area contributed by atoms with Gasteiger partial charge in [-0.1, -0.05) is 24.3 Å². The Hall–Kier alpha value is -1.39. The van der Waals surface area contributed by atoms with Crippen LogP contribution in [0.15, 0.2) is 24.3 Å². The second-order valence-corrected chi connectivity index (χ2v) is 6.41. The summed E-state index contributed by atoms with van der Waals surface area (Å²) in [5, 5.41) is 0. The molecule has 0 radical (unpaired) electrons.